The van der Waals surface area contributed by atoms with Gasteiger partial charge in [0.2, 0.25) is 0 Å². The van der Waals surface area contributed by atoms with Crippen LogP contribution in [0.5, 0.6) is 0 Å². The topological polar surface area (TPSA) is 63.6 Å². The molecule has 4 atom stereocenters. The summed E-state index contributed by atoms with van der Waals surface area (Å²) in [7, 11) is 1.73. The summed E-state index contributed by atoms with van der Waals surface area (Å²) in [4.78, 5) is 5.32. The van der Waals surface area contributed by atoms with Crippen LogP contribution in [0.2, 0.25) is 0 Å². The monoisotopic (exact) mass is 486 g/mol. The van der Waals surface area contributed by atoms with E-state index in [1.807, 2.05) is 6.92 Å². The number of methoxy groups -OCH3 is 1. The lowest BCUT2D eigenvalue weighted by Gasteiger charge is -2.36. The fraction of sp³-hybridized carbons (Fsp3) is 1.00. The van der Waals surface area contributed by atoms with Crippen molar-refractivity contribution in [2.24, 2.45) is 0 Å². The molecule has 2 fully saturated rings. The number of aliphatic hydroxyl groups excluding tert-OH is 1. The SMILES string of the molecule is CCOCCOC(CC(CCCO)N1CCCC1)CC(CC(CC)OCCOC)N1CCCC1. The van der Waals surface area contributed by atoms with E-state index < -0.39 is 0 Å². The smallest absolute Gasteiger partial charge is 0.0704 e. The van der Waals surface area contributed by atoms with Crippen LogP contribution in [0.15, 0.2) is 0 Å². The van der Waals surface area contributed by atoms with E-state index in [-0.39, 0.29) is 18.8 Å². The standard InChI is InChI=1S/C27H54N2O5/c1-4-26(33-19-17-31-3)22-25(29-14-8-9-15-29)23-27(34-20-18-32-5-2)21-24(11-10-16-30)28-12-6-7-13-28/h24-27,30H,4-23H2,1-3H3. The molecule has 0 amide bonds. The predicted molar refractivity (Wildman–Crippen MR) is 138 cm³/mol. The molecule has 0 saturated carbocycles. The Hall–Kier alpha value is -0.280. The molecule has 7 heteroatoms. The van der Waals surface area contributed by atoms with Gasteiger partial charge in [-0.25, -0.2) is 0 Å². The first-order valence-corrected chi connectivity index (χ1v) is 14.1. The van der Waals surface area contributed by atoms with Crippen LogP contribution in [-0.4, -0.2) is 112 Å². The number of hydrogen-bond donors (Lipinski definition) is 1. The molecule has 34 heavy (non-hydrogen) atoms. The molecule has 202 valence electrons. The predicted octanol–water partition coefficient (Wildman–Crippen LogP) is 3.72. The Balaban J connectivity index is 2.06. The van der Waals surface area contributed by atoms with E-state index in [0.29, 0.717) is 38.5 Å². The largest absolute Gasteiger partial charge is 0.396 e. The van der Waals surface area contributed by atoms with E-state index in [0.717, 1.165) is 45.1 Å². The number of rotatable bonds is 21. The molecule has 2 aliphatic rings. The van der Waals surface area contributed by atoms with Crippen molar-refractivity contribution in [2.45, 2.75) is 102 Å². The number of aliphatic hydroxyl groups is 1. The maximum atomic E-state index is 9.50. The van der Waals surface area contributed by atoms with Crippen molar-refractivity contribution < 1.29 is 24.1 Å². The van der Waals surface area contributed by atoms with Gasteiger partial charge < -0.3 is 33.9 Å². The molecule has 2 aliphatic heterocycles. The van der Waals surface area contributed by atoms with Crippen molar-refractivity contribution in [2.75, 3.05) is 72.9 Å². The molecule has 0 bridgehead atoms. The lowest BCUT2D eigenvalue weighted by molar-refractivity contribution is -0.0357. The zero-order valence-corrected chi connectivity index (χ0v) is 22.4. The van der Waals surface area contributed by atoms with Crippen LogP contribution in [0, 0.1) is 0 Å². The van der Waals surface area contributed by atoms with E-state index in [2.05, 4.69) is 16.7 Å². The number of nitrogens with zero attached hydrogens (tertiary/aromatic N) is 2. The molecule has 0 aromatic rings. The summed E-state index contributed by atoms with van der Waals surface area (Å²) in [6.07, 6.45) is 11.7. The number of likely N-dealkylation sites (tertiary alicyclic amines) is 2. The summed E-state index contributed by atoms with van der Waals surface area (Å²) < 4.78 is 23.5. The molecule has 4 unspecified atom stereocenters. The van der Waals surface area contributed by atoms with Crippen LogP contribution in [0.4, 0.5) is 0 Å². The summed E-state index contributed by atoms with van der Waals surface area (Å²) in [6.45, 7) is 12.6. The highest BCUT2D eigenvalue weighted by Crippen LogP contribution is 2.27. The number of ether oxygens (including phenoxy) is 4. The van der Waals surface area contributed by atoms with Crippen LogP contribution in [0.3, 0.4) is 0 Å². The summed E-state index contributed by atoms with van der Waals surface area (Å²) in [5, 5.41) is 9.50. The van der Waals surface area contributed by atoms with Gasteiger partial charge in [-0.3, -0.25) is 0 Å². The molecular formula is C27H54N2O5. The van der Waals surface area contributed by atoms with Crippen molar-refractivity contribution in [1.29, 1.82) is 0 Å². The van der Waals surface area contributed by atoms with Crippen molar-refractivity contribution in [1.82, 2.24) is 9.80 Å². The molecule has 0 aromatic carbocycles. The molecule has 7 nitrogen and oxygen atoms in total. The highest BCUT2D eigenvalue weighted by Gasteiger charge is 2.31. The Kier molecular flexibility index (Phi) is 16.7. The van der Waals surface area contributed by atoms with Crippen LogP contribution >= 0.6 is 0 Å². The van der Waals surface area contributed by atoms with Gasteiger partial charge in [-0.15, -0.1) is 0 Å². The number of hydrogen-bond acceptors (Lipinski definition) is 7. The third-order valence-corrected chi connectivity index (χ3v) is 7.50. The van der Waals surface area contributed by atoms with Gasteiger partial charge in [0.1, 0.15) is 0 Å². The molecule has 2 saturated heterocycles. The minimum Gasteiger partial charge on any atom is -0.396 e. The average Bonchev–Trinajstić information content (AvgIpc) is 3.57. The Morgan fingerprint density at radius 3 is 1.88 bits per heavy atom. The lowest BCUT2D eigenvalue weighted by atomic mass is 9.94. The minimum atomic E-state index is 0.201. The maximum Gasteiger partial charge on any atom is 0.0704 e. The highest BCUT2D eigenvalue weighted by atomic mass is 16.5. The summed E-state index contributed by atoms with van der Waals surface area (Å²) >= 11 is 0. The van der Waals surface area contributed by atoms with Crippen LogP contribution in [-0.2, 0) is 18.9 Å². The molecule has 1 N–H and O–H groups in total. The quantitative estimate of drug-likeness (QED) is 0.248. The van der Waals surface area contributed by atoms with Crippen molar-refractivity contribution in [3.63, 3.8) is 0 Å². The van der Waals surface area contributed by atoms with Crippen LogP contribution in [0.25, 0.3) is 0 Å². The van der Waals surface area contributed by atoms with Crippen LogP contribution < -0.4 is 0 Å². The minimum absolute atomic E-state index is 0.201. The Morgan fingerprint density at radius 1 is 0.735 bits per heavy atom. The molecule has 0 aromatic heterocycles. The van der Waals surface area contributed by atoms with E-state index in [1.165, 1.54) is 51.9 Å². The van der Waals surface area contributed by atoms with Gasteiger partial charge >= 0.3 is 0 Å². The highest BCUT2D eigenvalue weighted by molar-refractivity contribution is 4.85. The summed E-state index contributed by atoms with van der Waals surface area (Å²) in [6, 6.07) is 0.968. The molecular weight excluding hydrogens is 432 g/mol. The third-order valence-electron chi connectivity index (χ3n) is 7.50. The molecule has 2 rings (SSSR count). The zero-order chi connectivity index (χ0) is 24.4. The molecule has 0 spiro atoms. The molecule has 0 aliphatic carbocycles. The first-order chi connectivity index (χ1) is 16.7. The fourth-order valence-electron chi connectivity index (χ4n) is 5.60. The second-order valence-corrected chi connectivity index (χ2v) is 9.95. The summed E-state index contributed by atoms with van der Waals surface area (Å²) in [5.74, 6) is 0. The van der Waals surface area contributed by atoms with Crippen LogP contribution in [0.1, 0.15) is 78.1 Å². The van der Waals surface area contributed by atoms with Crippen molar-refractivity contribution in [3.8, 4) is 0 Å². The van der Waals surface area contributed by atoms with E-state index in [1.54, 1.807) is 7.11 Å². The van der Waals surface area contributed by atoms with Gasteiger partial charge in [-0.2, -0.15) is 0 Å². The summed E-state index contributed by atoms with van der Waals surface area (Å²) in [5.41, 5.74) is 0. The maximum absolute atomic E-state index is 9.50. The normalized spacial score (nSPS) is 21.2. The van der Waals surface area contributed by atoms with E-state index in [9.17, 15) is 5.11 Å². The lowest BCUT2D eigenvalue weighted by Crippen LogP contribution is -2.42. The van der Waals surface area contributed by atoms with E-state index in [4.69, 9.17) is 18.9 Å². The first-order valence-electron chi connectivity index (χ1n) is 14.1. The third kappa shape index (κ3) is 11.6. The van der Waals surface area contributed by atoms with Gasteiger partial charge in [0.25, 0.3) is 0 Å². The average molecular weight is 487 g/mol. The zero-order valence-electron chi connectivity index (χ0n) is 22.4. The Bertz CT molecular complexity index is 472. The van der Waals surface area contributed by atoms with Gasteiger partial charge in [-0.1, -0.05) is 6.92 Å². The molecule has 0 radical (unpaired) electrons. The van der Waals surface area contributed by atoms with Gasteiger partial charge in [0, 0.05) is 32.4 Å². The van der Waals surface area contributed by atoms with E-state index >= 15 is 0 Å². The van der Waals surface area contributed by atoms with Crippen molar-refractivity contribution >= 4 is 0 Å². The fourth-order valence-corrected chi connectivity index (χ4v) is 5.60. The Labute approximate surface area is 209 Å². The second-order valence-electron chi connectivity index (χ2n) is 9.95. The van der Waals surface area contributed by atoms with Gasteiger partial charge in [0.15, 0.2) is 0 Å². The van der Waals surface area contributed by atoms with Crippen molar-refractivity contribution in [3.05, 3.63) is 0 Å². The molecule has 2 heterocycles. The second kappa shape index (κ2) is 18.9. The van der Waals surface area contributed by atoms with Gasteiger partial charge in [0.05, 0.1) is 38.6 Å². The van der Waals surface area contributed by atoms with Gasteiger partial charge in [-0.05, 0) is 97.3 Å². The Morgan fingerprint density at radius 2 is 1.29 bits per heavy atom. The first kappa shape index (κ1) is 29.9.